The van der Waals surface area contributed by atoms with Gasteiger partial charge < -0.3 is 25.2 Å². The highest BCUT2D eigenvalue weighted by molar-refractivity contribution is 5.74. The molecule has 8 heteroatoms. The van der Waals surface area contributed by atoms with Gasteiger partial charge in [-0.2, -0.15) is 0 Å². The molecule has 1 aromatic carbocycles. The van der Waals surface area contributed by atoms with Gasteiger partial charge in [0.1, 0.15) is 17.6 Å². The summed E-state index contributed by atoms with van der Waals surface area (Å²) >= 11 is 0. The molecule has 8 nitrogen and oxygen atoms in total. The molecular formula is C19H29N3O5. The Bertz CT molecular complexity index is 634. The van der Waals surface area contributed by atoms with Crippen molar-refractivity contribution in [2.45, 2.75) is 44.9 Å². The van der Waals surface area contributed by atoms with Crippen molar-refractivity contribution in [1.29, 1.82) is 0 Å². The first-order valence-corrected chi connectivity index (χ1v) is 9.22. The van der Waals surface area contributed by atoms with Crippen LogP contribution in [0.25, 0.3) is 0 Å². The van der Waals surface area contributed by atoms with Gasteiger partial charge in [0.05, 0.1) is 20.2 Å². The number of nitrogens with zero attached hydrogens (tertiary/aromatic N) is 1. The Hall–Kier alpha value is -2.48. The number of hydrogen-bond donors (Lipinski definition) is 3. The molecule has 0 heterocycles. The highest BCUT2D eigenvalue weighted by Gasteiger charge is 2.34. The number of carboxylic acids is 1. The Kier molecular flexibility index (Phi) is 7.72. The van der Waals surface area contributed by atoms with Crippen LogP contribution in [0.2, 0.25) is 0 Å². The summed E-state index contributed by atoms with van der Waals surface area (Å²) < 4.78 is 10.9. The van der Waals surface area contributed by atoms with Crippen molar-refractivity contribution in [3.63, 3.8) is 0 Å². The number of aliphatic carboxylic acids is 1. The zero-order valence-electron chi connectivity index (χ0n) is 16.1. The first-order chi connectivity index (χ1) is 12.9. The Labute approximate surface area is 159 Å². The Morgan fingerprint density at radius 1 is 1.33 bits per heavy atom. The van der Waals surface area contributed by atoms with E-state index in [1.165, 1.54) is 0 Å². The summed E-state index contributed by atoms with van der Waals surface area (Å²) in [6, 6.07) is 7.37. The van der Waals surface area contributed by atoms with Gasteiger partial charge in [0.25, 0.3) is 0 Å². The second-order valence-electron chi connectivity index (χ2n) is 6.74. The van der Waals surface area contributed by atoms with Gasteiger partial charge in [-0.3, -0.25) is 9.69 Å². The summed E-state index contributed by atoms with van der Waals surface area (Å²) in [6.07, 6.45) is 1.34. The summed E-state index contributed by atoms with van der Waals surface area (Å²) in [5.41, 5.74) is 0. The third-order valence-electron chi connectivity index (χ3n) is 4.64. The van der Waals surface area contributed by atoms with Gasteiger partial charge in [-0.1, -0.05) is 13.0 Å². The summed E-state index contributed by atoms with van der Waals surface area (Å²) in [4.78, 5) is 24.8. The van der Waals surface area contributed by atoms with E-state index in [0.717, 1.165) is 12.8 Å². The minimum Gasteiger partial charge on any atom is -0.497 e. The van der Waals surface area contributed by atoms with Crippen molar-refractivity contribution in [2.75, 3.05) is 26.7 Å². The van der Waals surface area contributed by atoms with Crippen molar-refractivity contribution >= 4 is 12.0 Å². The van der Waals surface area contributed by atoms with Crippen LogP contribution < -0.4 is 20.1 Å². The largest absolute Gasteiger partial charge is 0.497 e. The van der Waals surface area contributed by atoms with Gasteiger partial charge in [-0.25, -0.2) is 4.79 Å². The van der Waals surface area contributed by atoms with Crippen LogP contribution in [0.3, 0.4) is 0 Å². The molecule has 1 fully saturated rings. The molecule has 27 heavy (non-hydrogen) atoms. The molecular weight excluding hydrogens is 350 g/mol. The number of urea groups is 1. The molecule has 1 aliphatic rings. The number of methoxy groups -OCH3 is 1. The number of benzene rings is 1. The van der Waals surface area contributed by atoms with Gasteiger partial charge >= 0.3 is 12.0 Å². The van der Waals surface area contributed by atoms with E-state index in [9.17, 15) is 9.59 Å². The molecule has 3 N–H and O–H groups in total. The molecule has 0 spiro atoms. The summed E-state index contributed by atoms with van der Waals surface area (Å²) in [7, 11) is 1.60. The number of ether oxygens (including phenoxy) is 2. The molecule has 0 aromatic heterocycles. The number of carboxylic acid groups (broad SMARTS) is 1. The number of nitrogens with one attached hydrogen (secondary N) is 2. The lowest BCUT2D eigenvalue weighted by Gasteiger charge is -2.42. The van der Waals surface area contributed by atoms with Gasteiger partial charge in [-0.05, 0) is 38.4 Å². The third-order valence-corrected chi connectivity index (χ3v) is 4.64. The van der Waals surface area contributed by atoms with Crippen LogP contribution in [0, 0.1) is 0 Å². The smallest absolute Gasteiger partial charge is 0.317 e. The van der Waals surface area contributed by atoms with Crippen molar-refractivity contribution in [1.82, 2.24) is 15.5 Å². The second-order valence-corrected chi connectivity index (χ2v) is 6.74. The lowest BCUT2D eigenvalue weighted by Crippen LogP contribution is -2.56. The topological polar surface area (TPSA) is 100 Å². The van der Waals surface area contributed by atoms with Crippen LogP contribution in [0.4, 0.5) is 4.79 Å². The summed E-state index contributed by atoms with van der Waals surface area (Å²) in [6.45, 7) is 4.93. The maximum Gasteiger partial charge on any atom is 0.317 e. The number of likely N-dealkylation sites (N-methyl/N-ethyl adjacent to an activating group) is 1. The minimum atomic E-state index is -0.823. The normalized spacial score (nSPS) is 19.7. The van der Waals surface area contributed by atoms with Crippen LogP contribution in [-0.4, -0.2) is 66.9 Å². The van der Waals surface area contributed by atoms with Gasteiger partial charge in [0.2, 0.25) is 0 Å². The van der Waals surface area contributed by atoms with Crippen molar-refractivity contribution in [3.8, 4) is 11.5 Å². The summed E-state index contributed by atoms with van der Waals surface area (Å²) in [5, 5.41) is 14.6. The standard InChI is InChI=1S/C19H29N3O5/c1-4-22(12-18(23)24)15-8-14(9-15)21-19(25)20-11-13(2)27-17-7-5-6-16(10-17)26-3/h5-7,10,13-15H,4,8-9,11-12H2,1-3H3,(H,23,24)(H2,20,21,25). The van der Waals surface area contributed by atoms with E-state index in [2.05, 4.69) is 10.6 Å². The van der Waals surface area contributed by atoms with Crippen molar-refractivity contribution < 1.29 is 24.2 Å². The first kappa shape index (κ1) is 20.8. The van der Waals surface area contributed by atoms with E-state index < -0.39 is 5.97 Å². The quantitative estimate of drug-likeness (QED) is 0.572. The minimum absolute atomic E-state index is 0.0409. The maximum atomic E-state index is 12.0. The second kappa shape index (κ2) is 10.0. The number of rotatable bonds is 10. The molecule has 2 rings (SSSR count). The molecule has 0 aliphatic heterocycles. The highest BCUT2D eigenvalue weighted by atomic mass is 16.5. The number of hydrogen-bond acceptors (Lipinski definition) is 5. The van der Waals surface area contributed by atoms with Crippen molar-refractivity contribution in [3.05, 3.63) is 24.3 Å². The van der Waals surface area contributed by atoms with Crippen molar-refractivity contribution in [2.24, 2.45) is 0 Å². The number of carbonyl (C=O) groups is 2. The van der Waals surface area contributed by atoms with Crippen LogP contribution >= 0.6 is 0 Å². The lowest BCUT2D eigenvalue weighted by molar-refractivity contribution is -0.139. The molecule has 0 bridgehead atoms. The Balaban J connectivity index is 1.65. The molecule has 0 saturated heterocycles. The van der Waals surface area contributed by atoms with E-state index >= 15 is 0 Å². The van der Waals surface area contributed by atoms with E-state index in [1.54, 1.807) is 13.2 Å². The zero-order valence-corrected chi connectivity index (χ0v) is 16.1. The number of carbonyl (C=O) groups excluding carboxylic acids is 1. The van der Waals surface area contributed by atoms with Gasteiger partial charge in [0, 0.05) is 18.2 Å². The molecule has 1 aromatic rings. The lowest BCUT2D eigenvalue weighted by atomic mass is 9.85. The van der Waals surface area contributed by atoms with Crippen LogP contribution in [-0.2, 0) is 4.79 Å². The molecule has 1 saturated carbocycles. The molecule has 1 unspecified atom stereocenters. The molecule has 1 atom stereocenters. The zero-order chi connectivity index (χ0) is 19.8. The number of amides is 2. The van der Waals surface area contributed by atoms with Crippen LogP contribution in [0.1, 0.15) is 26.7 Å². The molecule has 1 aliphatic carbocycles. The highest BCUT2D eigenvalue weighted by Crippen LogP contribution is 2.25. The first-order valence-electron chi connectivity index (χ1n) is 9.22. The van der Waals surface area contributed by atoms with E-state index in [1.807, 2.05) is 36.9 Å². The maximum absolute atomic E-state index is 12.0. The third kappa shape index (κ3) is 6.63. The fourth-order valence-corrected chi connectivity index (χ4v) is 3.10. The average Bonchev–Trinajstić information content (AvgIpc) is 2.61. The van der Waals surface area contributed by atoms with E-state index in [-0.39, 0.29) is 30.8 Å². The van der Waals surface area contributed by atoms with Crippen LogP contribution in [0.15, 0.2) is 24.3 Å². The van der Waals surface area contributed by atoms with Crippen LogP contribution in [0.5, 0.6) is 11.5 Å². The molecule has 2 amide bonds. The SMILES string of the molecule is CCN(CC(=O)O)C1CC(NC(=O)NCC(C)Oc2cccc(OC)c2)C1. The average molecular weight is 379 g/mol. The van der Waals surface area contributed by atoms with E-state index in [0.29, 0.717) is 24.6 Å². The monoisotopic (exact) mass is 379 g/mol. The summed E-state index contributed by atoms with van der Waals surface area (Å²) in [5.74, 6) is 0.578. The predicted octanol–water partition coefficient (Wildman–Crippen LogP) is 1.70. The Morgan fingerprint density at radius 2 is 2.04 bits per heavy atom. The fraction of sp³-hybridized carbons (Fsp3) is 0.579. The molecule has 150 valence electrons. The molecule has 0 radical (unpaired) electrons. The van der Waals surface area contributed by atoms with E-state index in [4.69, 9.17) is 14.6 Å². The fourth-order valence-electron chi connectivity index (χ4n) is 3.10. The Morgan fingerprint density at radius 3 is 2.67 bits per heavy atom. The van der Waals surface area contributed by atoms with Gasteiger partial charge in [-0.15, -0.1) is 0 Å². The van der Waals surface area contributed by atoms with Gasteiger partial charge in [0.15, 0.2) is 0 Å². The predicted molar refractivity (Wildman–Crippen MR) is 101 cm³/mol.